The predicted octanol–water partition coefficient (Wildman–Crippen LogP) is 1.47. The molecule has 0 spiro atoms. The minimum atomic E-state index is -0.0347. The van der Waals surface area contributed by atoms with Gasteiger partial charge in [0.2, 0.25) is 0 Å². The number of nitrogens with zero attached hydrogens (tertiary/aromatic N) is 1. The van der Waals surface area contributed by atoms with Crippen LogP contribution in [0.15, 0.2) is 0 Å². The molecule has 0 bridgehead atoms. The monoisotopic (exact) mass is 240 g/mol. The Bertz CT molecular complexity index is 255. The summed E-state index contributed by atoms with van der Waals surface area (Å²) in [7, 11) is 0. The fourth-order valence-electron chi connectivity index (χ4n) is 3.52. The highest BCUT2D eigenvalue weighted by Crippen LogP contribution is 2.41. The Morgan fingerprint density at radius 2 is 2.06 bits per heavy atom. The lowest BCUT2D eigenvalue weighted by molar-refractivity contribution is 0.0883. The minimum Gasteiger partial charge on any atom is -0.394 e. The molecule has 0 aromatic heterocycles. The Morgan fingerprint density at radius 3 is 2.47 bits per heavy atom. The molecule has 3 heteroatoms. The molecule has 3 nitrogen and oxygen atoms in total. The molecule has 1 saturated carbocycles. The van der Waals surface area contributed by atoms with E-state index in [0.29, 0.717) is 12.0 Å². The molecular weight excluding hydrogens is 212 g/mol. The summed E-state index contributed by atoms with van der Waals surface area (Å²) in [6.07, 6.45) is 3.87. The maximum absolute atomic E-state index is 9.84. The Hall–Kier alpha value is -0.120. The van der Waals surface area contributed by atoms with Gasteiger partial charge < -0.3 is 10.4 Å². The smallest absolute Gasteiger partial charge is 0.0628 e. The van der Waals surface area contributed by atoms with Crippen LogP contribution in [-0.4, -0.2) is 47.8 Å². The summed E-state index contributed by atoms with van der Waals surface area (Å²) < 4.78 is 0. The van der Waals surface area contributed by atoms with E-state index in [1.54, 1.807) is 0 Å². The van der Waals surface area contributed by atoms with Gasteiger partial charge in [0.1, 0.15) is 0 Å². The average Bonchev–Trinajstić information content (AvgIpc) is 3.07. The molecule has 1 aliphatic heterocycles. The normalized spacial score (nSPS) is 33.9. The van der Waals surface area contributed by atoms with E-state index in [2.05, 4.69) is 31.0 Å². The number of nitrogens with one attached hydrogen (secondary N) is 1. The van der Waals surface area contributed by atoms with Crippen molar-refractivity contribution in [2.24, 2.45) is 11.8 Å². The van der Waals surface area contributed by atoms with Crippen molar-refractivity contribution in [3.8, 4) is 0 Å². The Balaban J connectivity index is 2.01. The number of hydrogen-bond donors (Lipinski definition) is 2. The van der Waals surface area contributed by atoms with Gasteiger partial charge in [-0.05, 0) is 44.6 Å². The number of likely N-dealkylation sites (tertiary alicyclic amines) is 1. The first-order valence-electron chi connectivity index (χ1n) is 7.21. The molecule has 0 aromatic rings. The van der Waals surface area contributed by atoms with Gasteiger partial charge in [0.25, 0.3) is 0 Å². The zero-order valence-electron chi connectivity index (χ0n) is 11.6. The molecule has 0 radical (unpaired) electrons. The summed E-state index contributed by atoms with van der Waals surface area (Å²) in [6, 6.07) is 0.674. The minimum absolute atomic E-state index is 0.0347. The Kier molecular flexibility index (Phi) is 4.11. The molecule has 2 aliphatic rings. The summed E-state index contributed by atoms with van der Waals surface area (Å²) in [6.45, 7) is 10.3. The van der Waals surface area contributed by atoms with Crippen molar-refractivity contribution in [2.75, 3.05) is 26.2 Å². The van der Waals surface area contributed by atoms with Crippen LogP contribution in [0.3, 0.4) is 0 Å². The highest BCUT2D eigenvalue weighted by molar-refractivity contribution is 5.04. The molecule has 1 heterocycles. The molecule has 1 aliphatic carbocycles. The lowest BCUT2D eigenvalue weighted by atomic mass is 9.93. The first-order valence-corrected chi connectivity index (χ1v) is 7.21. The van der Waals surface area contributed by atoms with Crippen molar-refractivity contribution in [1.82, 2.24) is 10.2 Å². The average molecular weight is 240 g/mol. The first-order chi connectivity index (χ1) is 8.11. The van der Waals surface area contributed by atoms with Gasteiger partial charge in [0.05, 0.1) is 12.1 Å². The van der Waals surface area contributed by atoms with Crippen molar-refractivity contribution in [2.45, 2.75) is 51.6 Å². The largest absolute Gasteiger partial charge is 0.394 e. The Labute approximate surface area is 106 Å². The van der Waals surface area contributed by atoms with Gasteiger partial charge in [-0.25, -0.2) is 0 Å². The molecule has 100 valence electrons. The second kappa shape index (κ2) is 5.25. The standard InChI is InChI=1S/C14H28N2O/c1-4-15-14(10-17,13-5-6-13)9-16-8-11(2)7-12(16)3/h11-13,15,17H,4-10H2,1-3H3. The van der Waals surface area contributed by atoms with E-state index in [0.717, 1.165) is 19.0 Å². The number of likely N-dealkylation sites (N-methyl/N-ethyl adjacent to an activating group) is 1. The maximum Gasteiger partial charge on any atom is 0.0628 e. The van der Waals surface area contributed by atoms with E-state index in [1.165, 1.54) is 25.8 Å². The van der Waals surface area contributed by atoms with Crippen LogP contribution in [0.5, 0.6) is 0 Å². The fourth-order valence-corrected chi connectivity index (χ4v) is 3.52. The van der Waals surface area contributed by atoms with E-state index < -0.39 is 0 Å². The van der Waals surface area contributed by atoms with Gasteiger partial charge in [0, 0.05) is 19.1 Å². The number of rotatable bonds is 6. The molecular formula is C14H28N2O. The molecule has 2 N–H and O–H groups in total. The van der Waals surface area contributed by atoms with Gasteiger partial charge in [0.15, 0.2) is 0 Å². The molecule has 3 unspecified atom stereocenters. The summed E-state index contributed by atoms with van der Waals surface area (Å²) >= 11 is 0. The number of hydrogen-bond acceptors (Lipinski definition) is 3. The maximum atomic E-state index is 9.84. The third kappa shape index (κ3) is 2.83. The molecule has 0 amide bonds. The molecule has 1 saturated heterocycles. The zero-order valence-corrected chi connectivity index (χ0v) is 11.6. The molecule has 17 heavy (non-hydrogen) atoms. The third-order valence-electron chi connectivity index (χ3n) is 4.57. The van der Waals surface area contributed by atoms with Crippen LogP contribution in [0.25, 0.3) is 0 Å². The molecule has 0 aromatic carbocycles. The second-order valence-electron chi connectivity index (χ2n) is 6.24. The van der Waals surface area contributed by atoms with Crippen LogP contribution in [0.1, 0.15) is 40.0 Å². The summed E-state index contributed by atoms with van der Waals surface area (Å²) in [5.74, 6) is 1.50. The zero-order chi connectivity index (χ0) is 12.5. The number of aliphatic hydroxyl groups is 1. The van der Waals surface area contributed by atoms with Crippen molar-refractivity contribution in [3.05, 3.63) is 0 Å². The quantitative estimate of drug-likeness (QED) is 0.738. The van der Waals surface area contributed by atoms with E-state index in [4.69, 9.17) is 0 Å². The third-order valence-corrected chi connectivity index (χ3v) is 4.57. The fraction of sp³-hybridized carbons (Fsp3) is 1.00. The van der Waals surface area contributed by atoms with Crippen LogP contribution in [0.4, 0.5) is 0 Å². The van der Waals surface area contributed by atoms with E-state index in [1.807, 2.05) is 0 Å². The predicted molar refractivity (Wildman–Crippen MR) is 71.0 cm³/mol. The van der Waals surface area contributed by atoms with Crippen LogP contribution in [-0.2, 0) is 0 Å². The number of aliphatic hydroxyl groups excluding tert-OH is 1. The van der Waals surface area contributed by atoms with Crippen LogP contribution >= 0.6 is 0 Å². The molecule has 2 fully saturated rings. The lowest BCUT2D eigenvalue weighted by Crippen LogP contribution is -2.58. The SMILES string of the molecule is CCNC(CO)(CN1CC(C)CC1C)C1CC1. The topological polar surface area (TPSA) is 35.5 Å². The van der Waals surface area contributed by atoms with Crippen LogP contribution in [0.2, 0.25) is 0 Å². The van der Waals surface area contributed by atoms with E-state index >= 15 is 0 Å². The van der Waals surface area contributed by atoms with Crippen molar-refractivity contribution < 1.29 is 5.11 Å². The van der Waals surface area contributed by atoms with Gasteiger partial charge in [-0.15, -0.1) is 0 Å². The summed E-state index contributed by atoms with van der Waals surface area (Å²) in [4.78, 5) is 2.57. The molecule has 3 atom stereocenters. The van der Waals surface area contributed by atoms with Crippen LogP contribution < -0.4 is 5.32 Å². The highest BCUT2D eigenvalue weighted by atomic mass is 16.3. The van der Waals surface area contributed by atoms with Crippen molar-refractivity contribution >= 4 is 0 Å². The van der Waals surface area contributed by atoms with E-state index in [9.17, 15) is 5.11 Å². The second-order valence-corrected chi connectivity index (χ2v) is 6.24. The van der Waals surface area contributed by atoms with Crippen LogP contribution in [0, 0.1) is 11.8 Å². The summed E-state index contributed by atoms with van der Waals surface area (Å²) in [5, 5.41) is 13.4. The van der Waals surface area contributed by atoms with E-state index in [-0.39, 0.29) is 12.1 Å². The van der Waals surface area contributed by atoms with Gasteiger partial charge >= 0.3 is 0 Å². The van der Waals surface area contributed by atoms with Gasteiger partial charge in [-0.2, -0.15) is 0 Å². The lowest BCUT2D eigenvalue weighted by Gasteiger charge is -2.38. The Morgan fingerprint density at radius 1 is 1.35 bits per heavy atom. The first kappa shape index (κ1) is 13.3. The highest BCUT2D eigenvalue weighted by Gasteiger charge is 2.46. The van der Waals surface area contributed by atoms with Gasteiger partial charge in [-0.3, -0.25) is 4.90 Å². The van der Waals surface area contributed by atoms with Crippen molar-refractivity contribution in [1.29, 1.82) is 0 Å². The molecule has 2 rings (SSSR count). The summed E-state index contributed by atoms with van der Waals surface area (Å²) in [5.41, 5.74) is -0.0347. The van der Waals surface area contributed by atoms with Crippen molar-refractivity contribution in [3.63, 3.8) is 0 Å². The van der Waals surface area contributed by atoms with Gasteiger partial charge in [-0.1, -0.05) is 13.8 Å².